The van der Waals surface area contributed by atoms with Gasteiger partial charge in [0.25, 0.3) is 0 Å². The van der Waals surface area contributed by atoms with Crippen molar-refractivity contribution in [3.8, 4) is 5.75 Å². The first-order chi connectivity index (χ1) is 9.67. The van der Waals surface area contributed by atoms with Crippen molar-refractivity contribution >= 4 is 5.71 Å². The molecule has 0 unspecified atom stereocenters. The van der Waals surface area contributed by atoms with Crippen molar-refractivity contribution in [2.45, 2.75) is 26.4 Å². The van der Waals surface area contributed by atoms with Crippen molar-refractivity contribution in [1.82, 2.24) is 9.78 Å². The molecule has 0 saturated carbocycles. The van der Waals surface area contributed by atoms with Gasteiger partial charge in [-0.25, -0.2) is 0 Å². The molecule has 1 aliphatic rings. The molecule has 0 atom stereocenters. The van der Waals surface area contributed by atoms with Gasteiger partial charge in [-0.1, -0.05) is 5.16 Å². The van der Waals surface area contributed by atoms with Crippen molar-refractivity contribution < 1.29 is 9.94 Å². The van der Waals surface area contributed by atoms with Crippen molar-refractivity contribution in [3.05, 3.63) is 46.8 Å². The van der Waals surface area contributed by atoms with E-state index in [0.717, 1.165) is 41.3 Å². The molecule has 0 aliphatic heterocycles. The fourth-order valence-corrected chi connectivity index (χ4v) is 2.60. The van der Waals surface area contributed by atoms with Crippen molar-refractivity contribution in [2.24, 2.45) is 12.2 Å². The number of fused-ring (bicyclic) bond motifs is 1. The van der Waals surface area contributed by atoms with Gasteiger partial charge in [0.15, 0.2) is 0 Å². The van der Waals surface area contributed by atoms with E-state index >= 15 is 0 Å². The maximum absolute atomic E-state index is 8.91. The van der Waals surface area contributed by atoms with E-state index in [-0.39, 0.29) is 0 Å². The number of oxime groups is 1. The molecule has 0 saturated heterocycles. The molecule has 1 aromatic heterocycles. The summed E-state index contributed by atoms with van der Waals surface area (Å²) in [7, 11) is 1.92. The zero-order chi connectivity index (χ0) is 14.1. The van der Waals surface area contributed by atoms with Crippen molar-refractivity contribution in [1.29, 1.82) is 0 Å². The fraction of sp³-hybridized carbons (Fsp3) is 0.333. The number of nitrogens with zero attached hydrogens (tertiary/aromatic N) is 3. The van der Waals surface area contributed by atoms with Crippen LogP contribution in [0.1, 0.15) is 28.9 Å². The highest BCUT2D eigenvalue weighted by molar-refractivity contribution is 6.04. The monoisotopic (exact) mass is 271 g/mol. The highest BCUT2D eigenvalue weighted by Crippen LogP contribution is 2.27. The molecule has 104 valence electrons. The molecule has 0 spiro atoms. The van der Waals surface area contributed by atoms with Crippen LogP contribution in [0, 0.1) is 6.92 Å². The molecule has 1 heterocycles. The van der Waals surface area contributed by atoms with Gasteiger partial charge < -0.3 is 9.94 Å². The maximum atomic E-state index is 8.91. The minimum Gasteiger partial charge on any atom is -0.487 e. The van der Waals surface area contributed by atoms with E-state index in [1.165, 1.54) is 5.56 Å². The molecule has 20 heavy (non-hydrogen) atoms. The third-order valence-electron chi connectivity index (χ3n) is 3.63. The number of hydrogen-bond donors (Lipinski definition) is 1. The molecule has 0 radical (unpaired) electrons. The van der Waals surface area contributed by atoms with Crippen LogP contribution in [0.15, 0.2) is 29.4 Å². The molecule has 3 rings (SSSR count). The van der Waals surface area contributed by atoms with Gasteiger partial charge in [-0.3, -0.25) is 4.68 Å². The third kappa shape index (κ3) is 2.27. The standard InChI is InChI=1S/C15H17N3O2/c1-10-7-12(18(2)16-10)9-20-13-4-5-14-11(8-13)3-6-15(14)17-19/h4-5,7-8,19H,3,6,9H2,1-2H3/b17-15+. The fourth-order valence-electron chi connectivity index (χ4n) is 2.60. The Morgan fingerprint density at radius 3 is 2.90 bits per heavy atom. The number of aryl methyl sites for hydroxylation is 3. The van der Waals surface area contributed by atoms with E-state index < -0.39 is 0 Å². The second kappa shape index (κ2) is 5.00. The molecular weight excluding hydrogens is 254 g/mol. The smallest absolute Gasteiger partial charge is 0.130 e. The molecule has 0 fully saturated rings. The molecule has 5 nitrogen and oxygen atoms in total. The number of rotatable bonds is 3. The van der Waals surface area contributed by atoms with Crippen LogP contribution < -0.4 is 4.74 Å². The predicted octanol–water partition coefficient (Wildman–Crippen LogP) is 2.43. The largest absolute Gasteiger partial charge is 0.487 e. The van der Waals surface area contributed by atoms with Crippen LogP contribution in [-0.4, -0.2) is 20.7 Å². The first-order valence-electron chi connectivity index (χ1n) is 6.64. The summed E-state index contributed by atoms with van der Waals surface area (Å²) in [6.07, 6.45) is 1.69. The second-order valence-corrected chi connectivity index (χ2v) is 5.05. The lowest BCUT2D eigenvalue weighted by Gasteiger charge is -2.08. The van der Waals surface area contributed by atoms with E-state index in [1.807, 2.05) is 42.9 Å². The van der Waals surface area contributed by atoms with Crippen LogP contribution in [0.3, 0.4) is 0 Å². The minimum atomic E-state index is 0.497. The average molecular weight is 271 g/mol. The van der Waals surface area contributed by atoms with Crippen molar-refractivity contribution in [3.63, 3.8) is 0 Å². The highest BCUT2D eigenvalue weighted by Gasteiger charge is 2.18. The maximum Gasteiger partial charge on any atom is 0.130 e. The summed E-state index contributed by atoms with van der Waals surface area (Å²) in [6.45, 7) is 2.46. The van der Waals surface area contributed by atoms with Crippen LogP contribution in [-0.2, 0) is 20.1 Å². The summed E-state index contributed by atoms with van der Waals surface area (Å²) in [5.41, 5.74) is 4.99. The van der Waals surface area contributed by atoms with E-state index in [1.54, 1.807) is 0 Å². The van der Waals surface area contributed by atoms with Gasteiger partial charge in [0.2, 0.25) is 0 Å². The Kier molecular flexibility index (Phi) is 3.18. The molecule has 2 aromatic rings. The molecule has 5 heteroatoms. The van der Waals surface area contributed by atoms with E-state index in [9.17, 15) is 0 Å². The third-order valence-corrected chi connectivity index (χ3v) is 3.63. The Hall–Kier alpha value is -2.30. The van der Waals surface area contributed by atoms with Crippen molar-refractivity contribution in [2.75, 3.05) is 0 Å². The number of benzene rings is 1. The summed E-state index contributed by atoms with van der Waals surface area (Å²) in [4.78, 5) is 0. The van der Waals surface area contributed by atoms with Gasteiger partial charge >= 0.3 is 0 Å². The zero-order valence-corrected chi connectivity index (χ0v) is 11.6. The molecule has 1 aromatic carbocycles. The molecule has 1 N–H and O–H groups in total. The molecule has 1 aliphatic carbocycles. The lowest BCUT2D eigenvalue weighted by Crippen LogP contribution is -2.03. The van der Waals surface area contributed by atoms with Crippen LogP contribution in [0.2, 0.25) is 0 Å². The Bertz CT molecular complexity index is 674. The van der Waals surface area contributed by atoms with Gasteiger partial charge in [0, 0.05) is 12.6 Å². The zero-order valence-electron chi connectivity index (χ0n) is 11.6. The number of aromatic nitrogens is 2. The lowest BCUT2D eigenvalue weighted by atomic mass is 10.1. The quantitative estimate of drug-likeness (QED) is 0.689. The van der Waals surface area contributed by atoms with Crippen LogP contribution >= 0.6 is 0 Å². The molecule has 0 bridgehead atoms. The summed E-state index contributed by atoms with van der Waals surface area (Å²) < 4.78 is 7.65. The SMILES string of the molecule is Cc1cc(COc2ccc3c(c2)CC/C3=N\O)n(C)n1. The number of ether oxygens (including phenoxy) is 1. The van der Waals surface area contributed by atoms with Gasteiger partial charge in [-0.05, 0) is 49.6 Å². The Labute approximate surface area is 117 Å². The first-order valence-corrected chi connectivity index (χ1v) is 6.64. The first kappa shape index (κ1) is 12.7. The molecular formula is C15H17N3O2. The molecule has 0 amide bonds. The normalized spacial score (nSPS) is 15.6. The predicted molar refractivity (Wildman–Crippen MR) is 75.4 cm³/mol. The van der Waals surface area contributed by atoms with E-state index in [4.69, 9.17) is 9.94 Å². The Morgan fingerprint density at radius 2 is 2.20 bits per heavy atom. The summed E-state index contributed by atoms with van der Waals surface area (Å²) in [6, 6.07) is 7.92. The van der Waals surface area contributed by atoms with Crippen LogP contribution in [0.25, 0.3) is 0 Å². The Morgan fingerprint density at radius 1 is 1.35 bits per heavy atom. The topological polar surface area (TPSA) is 59.6 Å². The van der Waals surface area contributed by atoms with E-state index in [2.05, 4.69) is 10.3 Å². The summed E-state index contributed by atoms with van der Waals surface area (Å²) in [5.74, 6) is 0.835. The summed E-state index contributed by atoms with van der Waals surface area (Å²) >= 11 is 0. The highest BCUT2D eigenvalue weighted by atomic mass is 16.5. The van der Waals surface area contributed by atoms with Gasteiger partial charge in [0.1, 0.15) is 12.4 Å². The Balaban J connectivity index is 1.75. The minimum absolute atomic E-state index is 0.497. The average Bonchev–Trinajstić information content (AvgIpc) is 2.98. The number of hydrogen-bond acceptors (Lipinski definition) is 4. The van der Waals surface area contributed by atoms with E-state index in [0.29, 0.717) is 6.61 Å². The van der Waals surface area contributed by atoms with Gasteiger partial charge in [0.05, 0.1) is 17.1 Å². The van der Waals surface area contributed by atoms with Crippen LogP contribution in [0.4, 0.5) is 0 Å². The summed E-state index contributed by atoms with van der Waals surface area (Å²) in [5, 5.41) is 16.5. The van der Waals surface area contributed by atoms with Gasteiger partial charge in [-0.15, -0.1) is 0 Å². The second-order valence-electron chi connectivity index (χ2n) is 5.05. The van der Waals surface area contributed by atoms with Gasteiger partial charge in [-0.2, -0.15) is 5.10 Å². The van der Waals surface area contributed by atoms with Crippen LogP contribution in [0.5, 0.6) is 5.75 Å². The lowest BCUT2D eigenvalue weighted by molar-refractivity contribution is 0.294.